The number of carbonyl (C=O) groups excluding carboxylic acids is 2. The number of thioether (sulfide) groups is 1. The minimum absolute atomic E-state index is 0.0658. The largest absolute Gasteiger partial charge is 0.480 e. The van der Waals surface area contributed by atoms with Crippen molar-refractivity contribution in [1.29, 1.82) is 0 Å². The quantitative estimate of drug-likeness (QED) is 0.812. The van der Waals surface area contributed by atoms with Crippen LogP contribution in [-0.2, 0) is 16.6 Å². The van der Waals surface area contributed by atoms with E-state index in [0.29, 0.717) is 5.69 Å². The van der Waals surface area contributed by atoms with Gasteiger partial charge >= 0.3 is 5.97 Å². The normalized spacial score (nSPS) is 11.9. The van der Waals surface area contributed by atoms with Crippen LogP contribution in [0.5, 0.6) is 0 Å². The number of carboxylic acid groups (broad SMARTS) is 1. The monoisotopic (exact) mass is 270 g/mol. The third-order valence-corrected chi connectivity index (χ3v) is 3.37. The van der Waals surface area contributed by atoms with E-state index in [-0.39, 0.29) is 5.75 Å². The molecule has 0 aliphatic heterocycles. The smallest absolute Gasteiger partial charge is 0.316 e. The second kappa shape index (κ2) is 6.25. The van der Waals surface area contributed by atoms with Gasteiger partial charge in [0.25, 0.3) is 5.91 Å². The molecule has 0 aliphatic carbocycles. The summed E-state index contributed by atoms with van der Waals surface area (Å²) < 4.78 is 1.59. The van der Waals surface area contributed by atoms with Gasteiger partial charge < -0.3 is 9.67 Å². The van der Waals surface area contributed by atoms with Gasteiger partial charge in [0.2, 0.25) is 5.91 Å². The Morgan fingerprint density at radius 1 is 1.50 bits per heavy atom. The summed E-state index contributed by atoms with van der Waals surface area (Å²) in [4.78, 5) is 33.6. The lowest BCUT2D eigenvalue weighted by atomic mass is 10.4. The first-order chi connectivity index (χ1) is 8.41. The average Bonchev–Trinajstić information content (AvgIpc) is 2.72. The van der Waals surface area contributed by atoms with Crippen molar-refractivity contribution in [3.63, 3.8) is 0 Å². The molecule has 1 rings (SSSR count). The summed E-state index contributed by atoms with van der Waals surface area (Å²) in [6.07, 6.45) is 1.70. The predicted molar refractivity (Wildman–Crippen MR) is 67.4 cm³/mol. The van der Waals surface area contributed by atoms with Crippen LogP contribution in [0.4, 0.5) is 0 Å². The van der Waals surface area contributed by atoms with E-state index in [9.17, 15) is 14.4 Å². The van der Waals surface area contributed by atoms with Gasteiger partial charge in [-0.05, 0) is 19.1 Å². The third kappa shape index (κ3) is 3.92. The van der Waals surface area contributed by atoms with E-state index >= 15 is 0 Å². The SMILES string of the molecule is CC(SCC(=O)NC(=O)c1cccn1C)C(=O)O. The van der Waals surface area contributed by atoms with Crippen molar-refractivity contribution in [2.75, 3.05) is 5.75 Å². The Hall–Kier alpha value is -1.76. The molecular formula is C11H14N2O4S. The van der Waals surface area contributed by atoms with E-state index < -0.39 is 23.0 Å². The maximum absolute atomic E-state index is 11.6. The van der Waals surface area contributed by atoms with Crippen molar-refractivity contribution in [2.24, 2.45) is 7.05 Å². The highest BCUT2D eigenvalue weighted by molar-refractivity contribution is 8.01. The van der Waals surface area contributed by atoms with Crippen LogP contribution in [-0.4, -0.2) is 38.5 Å². The Balaban J connectivity index is 2.44. The van der Waals surface area contributed by atoms with E-state index in [0.717, 1.165) is 11.8 Å². The van der Waals surface area contributed by atoms with E-state index in [4.69, 9.17) is 5.11 Å². The summed E-state index contributed by atoms with van der Waals surface area (Å²) in [6.45, 7) is 1.49. The highest BCUT2D eigenvalue weighted by atomic mass is 32.2. The van der Waals surface area contributed by atoms with Crippen molar-refractivity contribution in [2.45, 2.75) is 12.2 Å². The molecule has 0 saturated carbocycles. The van der Waals surface area contributed by atoms with Crippen molar-refractivity contribution in [3.8, 4) is 0 Å². The lowest BCUT2D eigenvalue weighted by Crippen LogP contribution is -2.33. The maximum atomic E-state index is 11.6. The van der Waals surface area contributed by atoms with Crippen molar-refractivity contribution in [3.05, 3.63) is 24.0 Å². The lowest BCUT2D eigenvalue weighted by molar-refractivity contribution is -0.136. The summed E-state index contributed by atoms with van der Waals surface area (Å²) in [7, 11) is 1.70. The highest BCUT2D eigenvalue weighted by Crippen LogP contribution is 2.09. The van der Waals surface area contributed by atoms with E-state index in [1.54, 1.807) is 29.9 Å². The third-order valence-electron chi connectivity index (χ3n) is 2.24. The molecule has 1 heterocycles. The average molecular weight is 270 g/mol. The zero-order valence-electron chi connectivity index (χ0n) is 10.0. The Bertz CT molecular complexity index is 469. The fraction of sp³-hybridized carbons (Fsp3) is 0.364. The van der Waals surface area contributed by atoms with Gasteiger partial charge in [-0.15, -0.1) is 11.8 Å². The molecule has 2 amide bonds. The van der Waals surface area contributed by atoms with Gasteiger partial charge in [-0.3, -0.25) is 19.7 Å². The Morgan fingerprint density at radius 3 is 2.67 bits per heavy atom. The standard InChI is InChI=1S/C11H14N2O4S/c1-7(11(16)17)18-6-9(14)12-10(15)8-4-3-5-13(8)2/h3-5,7H,6H2,1-2H3,(H,16,17)(H,12,14,15). The Labute approximate surface area is 108 Å². The summed E-state index contributed by atoms with van der Waals surface area (Å²) in [6, 6.07) is 3.29. The molecule has 6 nitrogen and oxygen atoms in total. The number of amides is 2. The number of hydrogen-bond acceptors (Lipinski definition) is 4. The fourth-order valence-electron chi connectivity index (χ4n) is 1.20. The molecule has 7 heteroatoms. The summed E-state index contributed by atoms with van der Waals surface area (Å²) in [5.74, 6) is -2.04. The molecule has 0 radical (unpaired) electrons. The number of aliphatic carboxylic acids is 1. The van der Waals surface area contributed by atoms with Crippen LogP contribution in [0.3, 0.4) is 0 Å². The van der Waals surface area contributed by atoms with Crippen LogP contribution in [0.25, 0.3) is 0 Å². The molecule has 0 spiro atoms. The van der Waals surface area contributed by atoms with Crippen LogP contribution in [0, 0.1) is 0 Å². The molecule has 0 aliphatic rings. The molecule has 1 atom stereocenters. The molecule has 1 unspecified atom stereocenters. The zero-order chi connectivity index (χ0) is 13.7. The van der Waals surface area contributed by atoms with E-state index in [2.05, 4.69) is 5.32 Å². The molecule has 0 saturated heterocycles. The number of rotatable bonds is 5. The van der Waals surface area contributed by atoms with Crippen LogP contribution in [0.15, 0.2) is 18.3 Å². The maximum Gasteiger partial charge on any atom is 0.316 e. The van der Waals surface area contributed by atoms with Gasteiger partial charge in [-0.2, -0.15) is 0 Å². The summed E-state index contributed by atoms with van der Waals surface area (Å²) in [5.41, 5.74) is 0.375. The number of nitrogens with zero attached hydrogens (tertiary/aromatic N) is 1. The van der Waals surface area contributed by atoms with Crippen LogP contribution < -0.4 is 5.32 Å². The Morgan fingerprint density at radius 2 is 2.17 bits per heavy atom. The molecule has 0 bridgehead atoms. The molecule has 0 aromatic carbocycles. The van der Waals surface area contributed by atoms with Gasteiger partial charge in [0.05, 0.1) is 11.0 Å². The van der Waals surface area contributed by atoms with Crippen LogP contribution in [0.2, 0.25) is 0 Å². The molecule has 18 heavy (non-hydrogen) atoms. The second-order valence-corrected chi connectivity index (χ2v) is 5.00. The van der Waals surface area contributed by atoms with Gasteiger partial charge in [0.1, 0.15) is 5.69 Å². The van der Waals surface area contributed by atoms with Gasteiger partial charge in [0, 0.05) is 13.2 Å². The minimum Gasteiger partial charge on any atom is -0.480 e. The van der Waals surface area contributed by atoms with Crippen LogP contribution >= 0.6 is 11.8 Å². The molecule has 1 aromatic heterocycles. The van der Waals surface area contributed by atoms with E-state index in [1.165, 1.54) is 6.92 Å². The molecule has 98 valence electrons. The van der Waals surface area contributed by atoms with Gasteiger partial charge in [-0.25, -0.2) is 0 Å². The number of nitrogens with one attached hydrogen (secondary N) is 1. The minimum atomic E-state index is -0.985. The predicted octanol–water partition coefficient (Wildman–Crippen LogP) is 0.488. The van der Waals surface area contributed by atoms with E-state index in [1.807, 2.05) is 0 Å². The highest BCUT2D eigenvalue weighted by Gasteiger charge is 2.16. The second-order valence-electron chi connectivity index (χ2n) is 3.67. The summed E-state index contributed by atoms with van der Waals surface area (Å²) in [5, 5.41) is 10.2. The number of carbonyl (C=O) groups is 3. The fourth-order valence-corrected chi connectivity index (χ4v) is 1.81. The lowest BCUT2D eigenvalue weighted by Gasteiger charge is -2.07. The van der Waals surface area contributed by atoms with Crippen molar-refractivity contribution < 1.29 is 19.5 Å². The summed E-state index contributed by atoms with van der Waals surface area (Å²) >= 11 is 0.965. The molecule has 0 fully saturated rings. The number of hydrogen-bond donors (Lipinski definition) is 2. The molecular weight excluding hydrogens is 256 g/mol. The number of carboxylic acids is 1. The van der Waals surface area contributed by atoms with Crippen LogP contribution in [0.1, 0.15) is 17.4 Å². The number of aryl methyl sites for hydroxylation is 1. The zero-order valence-corrected chi connectivity index (χ0v) is 10.9. The molecule has 2 N–H and O–H groups in total. The van der Waals surface area contributed by atoms with Crippen molar-refractivity contribution >= 4 is 29.5 Å². The first-order valence-corrected chi connectivity index (χ1v) is 6.26. The first kappa shape index (κ1) is 14.3. The topological polar surface area (TPSA) is 88.4 Å². The first-order valence-electron chi connectivity index (χ1n) is 5.21. The molecule has 1 aromatic rings. The Kier molecular flexibility index (Phi) is 4.96. The van der Waals surface area contributed by atoms with Gasteiger partial charge in [-0.1, -0.05) is 0 Å². The van der Waals surface area contributed by atoms with Gasteiger partial charge in [0.15, 0.2) is 0 Å². The van der Waals surface area contributed by atoms with Crippen molar-refractivity contribution in [1.82, 2.24) is 9.88 Å². The number of imide groups is 1. The number of aromatic nitrogens is 1.